The number of aromatic nitrogens is 3. The van der Waals surface area contributed by atoms with Gasteiger partial charge in [-0.2, -0.15) is 0 Å². The molecule has 2 aromatic heterocycles. The lowest BCUT2D eigenvalue weighted by atomic mass is 9.91. The number of aryl methyl sites for hydroxylation is 1. The van der Waals surface area contributed by atoms with Gasteiger partial charge in [0.05, 0.1) is 24.4 Å². The summed E-state index contributed by atoms with van der Waals surface area (Å²) in [6, 6.07) is 27.9. The first-order chi connectivity index (χ1) is 22.0. The third kappa shape index (κ3) is 7.34. The minimum absolute atomic E-state index is 0.000885. The molecule has 45 heavy (non-hydrogen) atoms. The molecule has 1 saturated heterocycles. The van der Waals surface area contributed by atoms with Gasteiger partial charge in [-0.3, -0.25) is 9.78 Å². The van der Waals surface area contributed by atoms with Crippen molar-refractivity contribution in [3.8, 4) is 11.1 Å². The van der Waals surface area contributed by atoms with Crippen molar-refractivity contribution in [1.82, 2.24) is 19.9 Å². The van der Waals surface area contributed by atoms with Crippen molar-refractivity contribution in [3.05, 3.63) is 138 Å². The van der Waals surface area contributed by atoms with E-state index >= 15 is 0 Å². The molecule has 1 amide bonds. The molecule has 3 heterocycles. The van der Waals surface area contributed by atoms with E-state index in [9.17, 15) is 9.90 Å². The van der Waals surface area contributed by atoms with E-state index in [0.29, 0.717) is 12.1 Å². The van der Waals surface area contributed by atoms with Crippen LogP contribution in [0.25, 0.3) is 11.1 Å². The highest BCUT2D eigenvalue weighted by Gasteiger charge is 2.38. The third-order valence-corrected chi connectivity index (χ3v) is 9.22. The predicted octanol–water partition coefficient (Wildman–Crippen LogP) is 6.49. The molecule has 2 N–H and O–H groups in total. The number of hydrogen-bond donors (Lipinski definition) is 2. The van der Waals surface area contributed by atoms with Gasteiger partial charge in [0.1, 0.15) is 0 Å². The van der Waals surface area contributed by atoms with Crippen LogP contribution >= 0.6 is 11.8 Å². The van der Waals surface area contributed by atoms with Gasteiger partial charge in [-0.1, -0.05) is 79.3 Å². The summed E-state index contributed by atoms with van der Waals surface area (Å²) in [6.07, 6.45) is 6.10. The van der Waals surface area contributed by atoms with Gasteiger partial charge in [0, 0.05) is 55.6 Å². The molecule has 5 aromatic rings. The van der Waals surface area contributed by atoms with Crippen LogP contribution in [0.4, 0.5) is 0 Å². The Kier molecular flexibility index (Phi) is 9.71. The summed E-state index contributed by atoms with van der Waals surface area (Å²) < 4.78 is 15.4. The van der Waals surface area contributed by atoms with Crippen molar-refractivity contribution in [2.45, 2.75) is 43.7 Å². The number of rotatable bonds is 10. The molecule has 9 heteroatoms. The first-order valence-electron chi connectivity index (χ1n) is 15.0. The van der Waals surface area contributed by atoms with Gasteiger partial charge in [-0.15, -0.1) is 0 Å². The van der Waals surface area contributed by atoms with Crippen LogP contribution in [0.15, 0.2) is 115 Å². The molecule has 0 spiro atoms. The molecule has 0 unspecified atom stereocenters. The summed E-state index contributed by atoms with van der Waals surface area (Å²) in [5, 5.41) is 13.5. The first-order valence-corrected chi connectivity index (χ1v) is 16.0. The zero-order valence-corrected chi connectivity index (χ0v) is 26.1. The van der Waals surface area contributed by atoms with E-state index < -0.39 is 6.29 Å². The van der Waals surface area contributed by atoms with Crippen molar-refractivity contribution >= 4 is 17.7 Å². The molecule has 1 fully saturated rings. The maximum atomic E-state index is 12.5. The van der Waals surface area contributed by atoms with Gasteiger partial charge in [0.2, 0.25) is 0 Å². The second-order valence-electron chi connectivity index (χ2n) is 11.2. The number of ether oxygens (including phenoxy) is 2. The highest BCUT2D eigenvalue weighted by atomic mass is 32.2. The zero-order chi connectivity index (χ0) is 31.2. The molecule has 1 aliphatic rings. The lowest BCUT2D eigenvalue weighted by Gasteiger charge is -2.41. The Morgan fingerprint density at radius 3 is 2.47 bits per heavy atom. The van der Waals surface area contributed by atoms with Crippen LogP contribution in [0.1, 0.15) is 51.9 Å². The largest absolute Gasteiger partial charge is 0.392 e. The SMILES string of the molecule is C[C@@H]1[C@H](CSc2nccn2C)O[C@H](c2cccc(-c3cccc(CNC(=O)c4cccnc4)c3)c2)O[C@@H]1c1ccc(CO)cc1. The van der Waals surface area contributed by atoms with Crippen LogP contribution in [-0.2, 0) is 29.7 Å². The van der Waals surface area contributed by atoms with E-state index in [1.165, 1.54) is 0 Å². The smallest absolute Gasteiger partial charge is 0.253 e. The summed E-state index contributed by atoms with van der Waals surface area (Å²) in [7, 11) is 1.99. The van der Waals surface area contributed by atoms with Crippen LogP contribution in [0.3, 0.4) is 0 Å². The molecule has 6 rings (SSSR count). The second kappa shape index (κ2) is 14.2. The number of aliphatic hydroxyl groups is 1. The van der Waals surface area contributed by atoms with Crippen molar-refractivity contribution in [3.63, 3.8) is 0 Å². The van der Waals surface area contributed by atoms with E-state index in [-0.39, 0.29) is 30.6 Å². The zero-order valence-electron chi connectivity index (χ0n) is 25.2. The number of aliphatic hydroxyl groups excluding tert-OH is 1. The highest BCUT2D eigenvalue weighted by Crippen LogP contribution is 2.43. The maximum absolute atomic E-state index is 12.5. The second-order valence-corrected chi connectivity index (χ2v) is 12.2. The summed E-state index contributed by atoms with van der Waals surface area (Å²) in [5.41, 5.74) is 6.43. The predicted molar refractivity (Wildman–Crippen MR) is 174 cm³/mol. The Bertz CT molecular complexity index is 1730. The fourth-order valence-corrected chi connectivity index (χ4v) is 6.56. The molecule has 0 bridgehead atoms. The lowest BCUT2D eigenvalue weighted by Crippen LogP contribution is -2.38. The highest BCUT2D eigenvalue weighted by molar-refractivity contribution is 7.99. The minimum atomic E-state index is -0.572. The van der Waals surface area contributed by atoms with Gasteiger partial charge in [-0.25, -0.2) is 4.98 Å². The van der Waals surface area contributed by atoms with Gasteiger partial charge >= 0.3 is 0 Å². The van der Waals surface area contributed by atoms with Crippen LogP contribution in [0.2, 0.25) is 0 Å². The quantitative estimate of drug-likeness (QED) is 0.172. The van der Waals surface area contributed by atoms with E-state index in [2.05, 4.69) is 46.5 Å². The number of benzene rings is 3. The summed E-state index contributed by atoms with van der Waals surface area (Å²) in [4.78, 5) is 21.0. The van der Waals surface area contributed by atoms with E-state index in [1.54, 1.807) is 42.5 Å². The molecule has 230 valence electrons. The standard InChI is InChI=1S/C36H36N4O4S/c1-24-32(23-45-36-38-16-17-40(36)2)43-35(44-33(24)27-13-11-25(22-41)12-14-27)30-9-4-8-29(19-30)28-7-3-6-26(18-28)20-39-34(42)31-10-5-15-37-21-31/h3-19,21,24,32-33,35,41H,20,22-23H2,1-2H3,(H,39,42)/t24-,32+,33+,35+/m1/s1. The number of carbonyl (C=O) groups excluding carboxylic acids is 1. The topological polar surface area (TPSA) is 98.5 Å². The van der Waals surface area contributed by atoms with Gasteiger partial charge in [0.15, 0.2) is 11.4 Å². The van der Waals surface area contributed by atoms with Crippen molar-refractivity contribution in [2.75, 3.05) is 5.75 Å². The van der Waals surface area contributed by atoms with Gasteiger partial charge < -0.3 is 24.5 Å². The fourth-order valence-electron chi connectivity index (χ4n) is 5.46. The molecular formula is C36H36N4O4S. The third-order valence-electron chi connectivity index (χ3n) is 8.07. The van der Waals surface area contributed by atoms with Crippen LogP contribution in [0, 0.1) is 5.92 Å². The van der Waals surface area contributed by atoms with Crippen molar-refractivity contribution < 1.29 is 19.4 Å². The Hall–Kier alpha value is -4.28. The van der Waals surface area contributed by atoms with E-state index in [1.807, 2.05) is 66.3 Å². The summed E-state index contributed by atoms with van der Waals surface area (Å²) >= 11 is 1.68. The van der Waals surface area contributed by atoms with Crippen LogP contribution in [0.5, 0.6) is 0 Å². The molecule has 0 aliphatic carbocycles. The maximum Gasteiger partial charge on any atom is 0.253 e. The van der Waals surface area contributed by atoms with E-state index in [0.717, 1.165) is 44.3 Å². The van der Waals surface area contributed by atoms with Gasteiger partial charge in [0.25, 0.3) is 5.91 Å². The van der Waals surface area contributed by atoms with Gasteiger partial charge in [-0.05, 0) is 52.1 Å². The number of imidazole rings is 1. The molecule has 1 aliphatic heterocycles. The monoisotopic (exact) mass is 620 g/mol. The fraction of sp³-hybridized carbons (Fsp3) is 0.250. The Labute approximate surface area is 267 Å². The number of thioether (sulfide) groups is 1. The molecule has 0 saturated carbocycles. The lowest BCUT2D eigenvalue weighted by molar-refractivity contribution is -0.268. The number of amides is 1. The molecule has 0 radical (unpaired) electrons. The summed E-state index contributed by atoms with van der Waals surface area (Å²) in [6.45, 7) is 2.57. The molecular weight excluding hydrogens is 584 g/mol. The minimum Gasteiger partial charge on any atom is -0.392 e. The van der Waals surface area contributed by atoms with E-state index in [4.69, 9.17) is 9.47 Å². The average Bonchev–Trinajstić information content (AvgIpc) is 3.51. The number of pyridine rings is 1. The van der Waals surface area contributed by atoms with Crippen molar-refractivity contribution in [1.29, 1.82) is 0 Å². The molecule has 3 aromatic carbocycles. The van der Waals surface area contributed by atoms with Crippen molar-refractivity contribution in [2.24, 2.45) is 13.0 Å². The number of nitrogens with zero attached hydrogens (tertiary/aromatic N) is 3. The van der Waals surface area contributed by atoms with Crippen LogP contribution < -0.4 is 5.32 Å². The number of hydrogen-bond acceptors (Lipinski definition) is 7. The normalized spacial score (nSPS) is 19.7. The Balaban J connectivity index is 1.22. The van der Waals surface area contributed by atoms with Crippen LogP contribution in [-0.4, -0.2) is 37.4 Å². The average molecular weight is 621 g/mol. The summed E-state index contributed by atoms with van der Waals surface area (Å²) in [5.74, 6) is 0.645. The first kappa shape index (κ1) is 30.7. The Morgan fingerprint density at radius 1 is 0.933 bits per heavy atom. The molecule has 4 atom stereocenters. The molecule has 8 nitrogen and oxygen atoms in total. The number of carbonyl (C=O) groups is 1. The Morgan fingerprint density at radius 2 is 1.73 bits per heavy atom. The number of nitrogens with one attached hydrogen (secondary N) is 1.